The van der Waals surface area contributed by atoms with Gasteiger partial charge in [-0.05, 0) is 46.9 Å². The Morgan fingerprint density at radius 1 is 1.00 bits per heavy atom. The van der Waals surface area contributed by atoms with Crippen LogP contribution in [0.2, 0.25) is 0 Å². The van der Waals surface area contributed by atoms with Crippen LogP contribution in [0.3, 0.4) is 0 Å². The Morgan fingerprint density at radius 2 is 1.65 bits per heavy atom. The van der Waals surface area contributed by atoms with Crippen LogP contribution >= 0.6 is 22.6 Å². The van der Waals surface area contributed by atoms with E-state index in [1.165, 1.54) is 0 Å². The highest BCUT2D eigenvalue weighted by atomic mass is 127. The maximum absolute atomic E-state index is 12.7. The summed E-state index contributed by atoms with van der Waals surface area (Å²) in [5, 5.41) is 3.04. The smallest absolute Gasteiger partial charge is 0.256 e. The summed E-state index contributed by atoms with van der Waals surface area (Å²) in [4.78, 5) is 28.7. The first-order valence-electron chi connectivity index (χ1n) is 8.77. The number of hydrogen-bond acceptors (Lipinski definition) is 3. The van der Waals surface area contributed by atoms with E-state index < -0.39 is 0 Å². The quantitative estimate of drug-likeness (QED) is 0.706. The Labute approximate surface area is 167 Å². The number of carbonyl (C=O) groups is 2. The second kappa shape index (κ2) is 8.53. The topological polar surface area (TPSA) is 52.7 Å². The molecule has 0 unspecified atom stereocenters. The number of rotatable bonds is 4. The summed E-state index contributed by atoms with van der Waals surface area (Å²) >= 11 is 2.17. The molecule has 0 spiro atoms. The fraction of sp³-hybridized carbons (Fsp3) is 0.300. The van der Waals surface area contributed by atoms with E-state index in [-0.39, 0.29) is 11.8 Å². The van der Waals surface area contributed by atoms with Crippen molar-refractivity contribution in [2.75, 3.05) is 36.4 Å². The summed E-state index contributed by atoms with van der Waals surface area (Å²) in [6, 6.07) is 15.4. The van der Waals surface area contributed by atoms with Crippen LogP contribution in [0.25, 0.3) is 0 Å². The summed E-state index contributed by atoms with van der Waals surface area (Å²) < 4.78 is 0.923. The van der Waals surface area contributed by atoms with E-state index in [2.05, 4.69) is 32.8 Å². The third-order valence-corrected chi connectivity index (χ3v) is 5.49. The van der Waals surface area contributed by atoms with E-state index in [1.54, 1.807) is 0 Å². The van der Waals surface area contributed by atoms with Gasteiger partial charge in [-0.2, -0.15) is 0 Å². The van der Waals surface area contributed by atoms with Gasteiger partial charge in [0, 0.05) is 36.2 Å². The van der Waals surface area contributed by atoms with Crippen molar-refractivity contribution in [2.24, 2.45) is 0 Å². The summed E-state index contributed by atoms with van der Waals surface area (Å²) in [6.45, 7) is 4.85. The second-order valence-electron chi connectivity index (χ2n) is 6.17. The molecule has 2 amide bonds. The van der Waals surface area contributed by atoms with Gasteiger partial charge in [-0.1, -0.05) is 31.2 Å². The van der Waals surface area contributed by atoms with Crippen molar-refractivity contribution < 1.29 is 9.59 Å². The van der Waals surface area contributed by atoms with E-state index in [1.807, 2.05) is 60.4 Å². The van der Waals surface area contributed by atoms with Crippen molar-refractivity contribution >= 4 is 45.8 Å². The van der Waals surface area contributed by atoms with Crippen molar-refractivity contribution in [2.45, 2.75) is 13.3 Å². The average molecular weight is 463 g/mol. The van der Waals surface area contributed by atoms with Gasteiger partial charge in [0.1, 0.15) is 0 Å². The van der Waals surface area contributed by atoms with Gasteiger partial charge in [-0.15, -0.1) is 0 Å². The molecule has 0 bridgehead atoms. The van der Waals surface area contributed by atoms with Crippen LogP contribution in [0.1, 0.15) is 23.7 Å². The molecule has 5 nitrogen and oxygen atoms in total. The zero-order valence-corrected chi connectivity index (χ0v) is 16.9. The molecule has 26 heavy (non-hydrogen) atoms. The predicted molar refractivity (Wildman–Crippen MR) is 113 cm³/mol. The first-order chi connectivity index (χ1) is 12.6. The van der Waals surface area contributed by atoms with E-state index >= 15 is 0 Å². The molecular formula is C20H22IN3O2. The molecule has 3 rings (SSSR count). The highest BCUT2D eigenvalue weighted by Gasteiger charge is 2.22. The minimum absolute atomic E-state index is 0.109. The third-order valence-electron chi connectivity index (χ3n) is 4.55. The molecule has 0 aromatic heterocycles. The Bertz CT molecular complexity index is 801. The molecule has 1 aliphatic heterocycles. The van der Waals surface area contributed by atoms with Gasteiger partial charge < -0.3 is 15.1 Å². The third kappa shape index (κ3) is 4.17. The van der Waals surface area contributed by atoms with Crippen molar-refractivity contribution in [1.29, 1.82) is 0 Å². The zero-order valence-electron chi connectivity index (χ0n) is 14.7. The highest BCUT2D eigenvalue weighted by molar-refractivity contribution is 14.1. The van der Waals surface area contributed by atoms with Crippen LogP contribution in [-0.2, 0) is 4.79 Å². The maximum atomic E-state index is 12.7. The molecule has 0 saturated carbocycles. The molecule has 1 fully saturated rings. The van der Waals surface area contributed by atoms with Crippen molar-refractivity contribution in [3.63, 3.8) is 0 Å². The number of para-hydroxylation sites is 2. The molecule has 0 radical (unpaired) electrons. The summed E-state index contributed by atoms with van der Waals surface area (Å²) in [7, 11) is 0. The van der Waals surface area contributed by atoms with E-state index in [0.29, 0.717) is 25.1 Å². The minimum atomic E-state index is -0.109. The van der Waals surface area contributed by atoms with E-state index in [4.69, 9.17) is 0 Å². The molecule has 6 heteroatoms. The van der Waals surface area contributed by atoms with E-state index in [9.17, 15) is 9.59 Å². The summed E-state index contributed by atoms with van der Waals surface area (Å²) in [5.41, 5.74) is 2.46. The fourth-order valence-electron chi connectivity index (χ4n) is 3.11. The molecule has 0 aliphatic carbocycles. The molecule has 1 saturated heterocycles. The van der Waals surface area contributed by atoms with Crippen LogP contribution in [0.4, 0.5) is 11.4 Å². The number of nitrogens with one attached hydrogen (secondary N) is 1. The van der Waals surface area contributed by atoms with Crippen molar-refractivity contribution in [1.82, 2.24) is 4.90 Å². The van der Waals surface area contributed by atoms with Crippen molar-refractivity contribution in [3.05, 3.63) is 57.7 Å². The first-order valence-corrected chi connectivity index (χ1v) is 9.85. The Hall–Kier alpha value is -2.09. The lowest BCUT2D eigenvalue weighted by Crippen LogP contribution is -2.48. The SMILES string of the molecule is CCC(=O)N1CCN(c2ccccc2NC(=O)c2ccccc2I)CC1. The second-order valence-corrected chi connectivity index (χ2v) is 7.33. The highest BCUT2D eigenvalue weighted by Crippen LogP contribution is 2.27. The van der Waals surface area contributed by atoms with Crippen LogP contribution in [-0.4, -0.2) is 42.9 Å². The fourth-order valence-corrected chi connectivity index (χ4v) is 3.74. The molecule has 1 heterocycles. The number of carbonyl (C=O) groups excluding carboxylic acids is 2. The van der Waals surface area contributed by atoms with Crippen LogP contribution < -0.4 is 10.2 Å². The number of hydrogen-bond donors (Lipinski definition) is 1. The van der Waals surface area contributed by atoms with Gasteiger partial charge >= 0.3 is 0 Å². The Kier molecular flexibility index (Phi) is 6.13. The van der Waals surface area contributed by atoms with Crippen molar-refractivity contribution in [3.8, 4) is 0 Å². The van der Waals surface area contributed by atoms with Crippen LogP contribution in [0.15, 0.2) is 48.5 Å². The normalized spacial score (nSPS) is 14.2. The van der Waals surface area contributed by atoms with Gasteiger partial charge in [0.15, 0.2) is 0 Å². The van der Waals surface area contributed by atoms with Gasteiger partial charge in [-0.25, -0.2) is 0 Å². The lowest BCUT2D eigenvalue weighted by molar-refractivity contribution is -0.131. The molecule has 136 valence electrons. The molecule has 2 aromatic carbocycles. The largest absolute Gasteiger partial charge is 0.366 e. The van der Waals surface area contributed by atoms with Gasteiger partial charge in [0.25, 0.3) is 5.91 Å². The molecule has 0 atom stereocenters. The Morgan fingerprint density at radius 3 is 2.35 bits per heavy atom. The van der Waals surface area contributed by atoms with Gasteiger partial charge in [-0.3, -0.25) is 9.59 Å². The number of benzene rings is 2. The lowest BCUT2D eigenvalue weighted by Gasteiger charge is -2.36. The lowest BCUT2D eigenvalue weighted by atomic mass is 10.1. The average Bonchev–Trinajstić information content (AvgIpc) is 2.68. The standard InChI is InChI=1S/C20H22IN3O2/c1-2-19(25)24-13-11-23(12-14-24)18-10-6-5-9-17(18)22-20(26)15-7-3-4-8-16(15)21/h3-10H,2,11-14H2,1H3,(H,22,26). The van der Waals surface area contributed by atoms with Gasteiger partial charge in [0.2, 0.25) is 5.91 Å². The molecule has 1 aliphatic rings. The number of piperazine rings is 1. The number of halogens is 1. The molecule has 2 aromatic rings. The molecular weight excluding hydrogens is 441 g/mol. The molecule has 1 N–H and O–H groups in total. The van der Waals surface area contributed by atoms with Crippen LogP contribution in [0, 0.1) is 3.57 Å². The predicted octanol–water partition coefficient (Wildman–Crippen LogP) is 3.60. The van der Waals surface area contributed by atoms with Crippen LogP contribution in [0.5, 0.6) is 0 Å². The van der Waals surface area contributed by atoms with E-state index in [0.717, 1.165) is 28.0 Å². The Balaban J connectivity index is 1.74. The minimum Gasteiger partial charge on any atom is -0.366 e. The maximum Gasteiger partial charge on any atom is 0.256 e. The van der Waals surface area contributed by atoms with Gasteiger partial charge in [0.05, 0.1) is 16.9 Å². The first kappa shape index (κ1) is 18.7. The summed E-state index contributed by atoms with van der Waals surface area (Å²) in [5.74, 6) is 0.0899. The number of amides is 2. The zero-order chi connectivity index (χ0) is 18.5. The number of anilines is 2. The number of nitrogens with zero attached hydrogens (tertiary/aromatic N) is 2. The monoisotopic (exact) mass is 463 g/mol. The summed E-state index contributed by atoms with van der Waals surface area (Å²) in [6.07, 6.45) is 0.544.